The fourth-order valence-electron chi connectivity index (χ4n) is 4.25. The molecule has 0 saturated heterocycles. The fraction of sp³-hybridized carbons (Fsp3) is 0.185. The highest BCUT2D eigenvalue weighted by molar-refractivity contribution is 6.30. The maximum Gasteiger partial charge on any atom is 0.269 e. The zero-order valence-corrected chi connectivity index (χ0v) is 19.2. The summed E-state index contributed by atoms with van der Waals surface area (Å²) < 4.78 is 5.72. The number of aromatic nitrogens is 1. The average Bonchev–Trinajstić information content (AvgIpc) is 3.25. The summed E-state index contributed by atoms with van der Waals surface area (Å²) in [5, 5.41) is 1.74. The quantitative estimate of drug-likeness (QED) is 0.341. The van der Waals surface area contributed by atoms with Gasteiger partial charge in [0.15, 0.2) is 0 Å². The molecule has 1 aromatic heterocycles. The first-order chi connectivity index (χ1) is 16.6. The molecule has 0 aliphatic heterocycles. The molecule has 5 rings (SSSR count). The summed E-state index contributed by atoms with van der Waals surface area (Å²) in [6.07, 6.45) is 4.43. The van der Waals surface area contributed by atoms with Crippen LogP contribution < -0.4 is 15.6 Å². The summed E-state index contributed by atoms with van der Waals surface area (Å²) in [6, 6.07) is 19.7. The van der Waals surface area contributed by atoms with E-state index >= 15 is 0 Å². The minimum absolute atomic E-state index is 0.353. The normalized spacial score (nSPS) is 12.7. The van der Waals surface area contributed by atoms with Gasteiger partial charge in [0.05, 0.1) is 0 Å². The van der Waals surface area contributed by atoms with Crippen LogP contribution in [0.1, 0.15) is 50.4 Å². The molecule has 1 heterocycles. The second kappa shape index (κ2) is 9.61. The van der Waals surface area contributed by atoms with E-state index in [1.54, 1.807) is 42.5 Å². The summed E-state index contributed by atoms with van der Waals surface area (Å²) in [7, 11) is 0. The third kappa shape index (κ3) is 4.77. The van der Waals surface area contributed by atoms with Crippen LogP contribution in [0.15, 0.2) is 66.7 Å². The van der Waals surface area contributed by atoms with Crippen LogP contribution in [0.25, 0.3) is 10.9 Å². The summed E-state index contributed by atoms with van der Waals surface area (Å²) in [6.45, 7) is 0.367. The molecule has 0 saturated carbocycles. The Hall–Kier alpha value is -3.77. The first-order valence-corrected chi connectivity index (χ1v) is 11.7. The number of carbonyl (C=O) groups excluding carboxylic acids is 2. The van der Waals surface area contributed by atoms with Crippen LogP contribution in [-0.2, 0) is 19.4 Å². The molecule has 0 unspecified atom stereocenters. The standard InChI is InChI=1S/C27H24ClN3O3/c28-20-10-12-21(13-11-20)34-16-17-5-7-18(8-6-17)26(32)30-31-27(33)19-9-14-25-23(15-19)22-3-1-2-4-24(22)29-25/h5-15,29H,1-4,16H2,(H,30,32)(H,31,33). The summed E-state index contributed by atoms with van der Waals surface area (Å²) >= 11 is 5.88. The number of aryl methyl sites for hydroxylation is 2. The zero-order valence-electron chi connectivity index (χ0n) is 18.5. The number of H-pyrrole nitrogens is 1. The van der Waals surface area contributed by atoms with Crippen molar-refractivity contribution >= 4 is 34.3 Å². The van der Waals surface area contributed by atoms with Gasteiger partial charge in [-0.2, -0.15) is 0 Å². The number of hydrogen-bond donors (Lipinski definition) is 3. The minimum Gasteiger partial charge on any atom is -0.489 e. The van der Waals surface area contributed by atoms with Gasteiger partial charge in [-0.15, -0.1) is 0 Å². The topological polar surface area (TPSA) is 83.2 Å². The molecule has 1 aliphatic carbocycles. The van der Waals surface area contributed by atoms with Gasteiger partial charge < -0.3 is 9.72 Å². The van der Waals surface area contributed by atoms with E-state index in [4.69, 9.17) is 16.3 Å². The third-order valence-corrected chi connectivity index (χ3v) is 6.34. The smallest absolute Gasteiger partial charge is 0.269 e. The van der Waals surface area contributed by atoms with Gasteiger partial charge in [-0.05, 0) is 91.4 Å². The van der Waals surface area contributed by atoms with Gasteiger partial charge in [-0.25, -0.2) is 0 Å². The van der Waals surface area contributed by atoms with E-state index in [-0.39, 0.29) is 5.91 Å². The molecule has 3 N–H and O–H groups in total. The number of fused-ring (bicyclic) bond motifs is 3. The number of benzene rings is 3. The van der Waals surface area contributed by atoms with Crippen LogP contribution in [0.5, 0.6) is 5.75 Å². The number of halogens is 1. The number of hydrogen-bond acceptors (Lipinski definition) is 3. The first-order valence-electron chi connectivity index (χ1n) is 11.3. The van der Waals surface area contributed by atoms with Crippen molar-refractivity contribution in [2.24, 2.45) is 0 Å². The van der Waals surface area contributed by atoms with Gasteiger partial charge in [0.25, 0.3) is 11.8 Å². The van der Waals surface area contributed by atoms with Crippen molar-refractivity contribution in [2.75, 3.05) is 0 Å². The van der Waals surface area contributed by atoms with Crippen LogP contribution in [0.3, 0.4) is 0 Å². The monoisotopic (exact) mass is 473 g/mol. The molecular weight excluding hydrogens is 450 g/mol. The zero-order chi connectivity index (χ0) is 23.5. The van der Waals surface area contributed by atoms with E-state index in [9.17, 15) is 9.59 Å². The number of nitrogens with one attached hydrogen (secondary N) is 3. The lowest BCUT2D eigenvalue weighted by Crippen LogP contribution is -2.41. The molecule has 6 nitrogen and oxygen atoms in total. The van der Waals surface area contributed by atoms with Crippen molar-refractivity contribution in [2.45, 2.75) is 32.3 Å². The Morgan fingerprint density at radius 3 is 2.29 bits per heavy atom. The Balaban J connectivity index is 1.17. The molecule has 0 radical (unpaired) electrons. The van der Waals surface area contributed by atoms with Crippen LogP contribution in [-0.4, -0.2) is 16.8 Å². The van der Waals surface area contributed by atoms with E-state index < -0.39 is 5.91 Å². The Morgan fingerprint density at radius 1 is 0.853 bits per heavy atom. The van der Waals surface area contributed by atoms with Crippen LogP contribution in [0.4, 0.5) is 0 Å². The van der Waals surface area contributed by atoms with Crippen LogP contribution in [0.2, 0.25) is 5.02 Å². The first kappa shape index (κ1) is 22.0. The van der Waals surface area contributed by atoms with E-state index in [1.807, 2.05) is 24.3 Å². The molecule has 172 valence electrons. The lowest BCUT2D eigenvalue weighted by molar-refractivity contribution is 0.0847. The minimum atomic E-state index is -0.390. The molecule has 0 fully saturated rings. The molecule has 1 aliphatic rings. The number of hydrazine groups is 1. The van der Waals surface area contributed by atoms with Crippen molar-refractivity contribution in [1.82, 2.24) is 15.8 Å². The number of amides is 2. The predicted octanol–water partition coefficient (Wildman–Crippen LogP) is 5.35. The average molecular weight is 474 g/mol. The molecule has 4 aromatic rings. The van der Waals surface area contributed by atoms with Gasteiger partial charge in [0.1, 0.15) is 12.4 Å². The van der Waals surface area contributed by atoms with Crippen molar-refractivity contribution in [1.29, 1.82) is 0 Å². The van der Waals surface area contributed by atoms with Gasteiger partial charge in [-0.3, -0.25) is 20.4 Å². The maximum absolute atomic E-state index is 12.6. The molecule has 2 amide bonds. The molecule has 0 atom stereocenters. The number of rotatable bonds is 5. The van der Waals surface area contributed by atoms with E-state index in [0.29, 0.717) is 28.5 Å². The second-order valence-corrected chi connectivity index (χ2v) is 8.83. The number of carbonyl (C=O) groups is 2. The third-order valence-electron chi connectivity index (χ3n) is 6.09. The number of ether oxygens (including phenoxy) is 1. The highest BCUT2D eigenvalue weighted by Gasteiger charge is 2.17. The molecule has 0 spiro atoms. The SMILES string of the molecule is O=C(NNC(=O)c1ccc2[nH]c3c(c2c1)CCCC3)c1ccc(COc2ccc(Cl)cc2)cc1. The van der Waals surface area contributed by atoms with Crippen LogP contribution >= 0.6 is 11.6 Å². The van der Waals surface area contributed by atoms with Gasteiger partial charge in [-0.1, -0.05) is 23.7 Å². The predicted molar refractivity (Wildman–Crippen MR) is 132 cm³/mol. The largest absolute Gasteiger partial charge is 0.489 e. The summed E-state index contributed by atoms with van der Waals surface area (Å²) in [5.74, 6) is -0.0279. The highest BCUT2D eigenvalue weighted by atomic mass is 35.5. The van der Waals surface area contributed by atoms with E-state index in [0.717, 1.165) is 29.3 Å². The molecule has 0 bridgehead atoms. The Labute approximate surface area is 202 Å². The van der Waals surface area contributed by atoms with E-state index in [2.05, 4.69) is 15.8 Å². The molecular formula is C27H24ClN3O3. The Kier molecular flexibility index (Phi) is 6.23. The Morgan fingerprint density at radius 2 is 1.53 bits per heavy atom. The molecule has 34 heavy (non-hydrogen) atoms. The van der Waals surface area contributed by atoms with Crippen molar-refractivity contribution < 1.29 is 14.3 Å². The second-order valence-electron chi connectivity index (χ2n) is 8.40. The fourth-order valence-corrected chi connectivity index (χ4v) is 4.38. The van der Waals surface area contributed by atoms with Crippen molar-refractivity contribution in [3.05, 3.63) is 99.7 Å². The van der Waals surface area contributed by atoms with Crippen molar-refractivity contribution in [3.63, 3.8) is 0 Å². The number of aromatic amines is 1. The summed E-state index contributed by atoms with van der Waals surface area (Å²) in [5.41, 5.74) is 10.5. The van der Waals surface area contributed by atoms with Gasteiger partial charge in [0.2, 0.25) is 0 Å². The van der Waals surface area contributed by atoms with Crippen molar-refractivity contribution in [3.8, 4) is 5.75 Å². The van der Waals surface area contributed by atoms with E-state index in [1.165, 1.54) is 24.1 Å². The highest BCUT2D eigenvalue weighted by Crippen LogP contribution is 2.29. The van der Waals surface area contributed by atoms with Gasteiger partial charge >= 0.3 is 0 Å². The lowest BCUT2D eigenvalue weighted by atomic mass is 9.95. The molecule has 7 heteroatoms. The van der Waals surface area contributed by atoms with Gasteiger partial charge in [0, 0.05) is 32.7 Å². The van der Waals surface area contributed by atoms with Crippen LogP contribution in [0, 0.1) is 0 Å². The Bertz CT molecular complexity index is 1340. The maximum atomic E-state index is 12.6. The molecule has 3 aromatic carbocycles. The summed E-state index contributed by atoms with van der Waals surface area (Å²) in [4.78, 5) is 28.6. The lowest BCUT2D eigenvalue weighted by Gasteiger charge is -2.11.